The monoisotopic (exact) mass is 148 g/mol. The molecule has 2 N–H and O–H groups in total. The van der Waals surface area contributed by atoms with Crippen molar-refractivity contribution >= 4 is 5.97 Å². The summed E-state index contributed by atoms with van der Waals surface area (Å²) in [5.41, 5.74) is 0. The maximum atomic E-state index is 9.44. The van der Waals surface area contributed by atoms with Gasteiger partial charge in [-0.3, -0.25) is 4.79 Å². The zero-order valence-corrected chi connectivity index (χ0v) is 6.63. The normalized spacial score (nSPS) is 7.90. The molecule has 62 valence electrons. The SMILES string of the molecule is CCCC.O=C(O)CCO. The van der Waals surface area contributed by atoms with E-state index in [4.69, 9.17) is 10.2 Å². The van der Waals surface area contributed by atoms with E-state index in [2.05, 4.69) is 13.8 Å². The second kappa shape index (κ2) is 11.3. The molecule has 0 bridgehead atoms. The van der Waals surface area contributed by atoms with Crippen molar-refractivity contribution in [3.05, 3.63) is 0 Å². The highest BCUT2D eigenvalue weighted by Gasteiger charge is 1.88. The Hall–Kier alpha value is -0.570. The quantitative estimate of drug-likeness (QED) is 0.633. The number of carboxylic acid groups (broad SMARTS) is 1. The summed E-state index contributed by atoms with van der Waals surface area (Å²) in [4.78, 5) is 9.44. The van der Waals surface area contributed by atoms with Crippen molar-refractivity contribution in [1.29, 1.82) is 0 Å². The van der Waals surface area contributed by atoms with E-state index in [1.807, 2.05) is 0 Å². The molecule has 0 aromatic heterocycles. The molecule has 0 atom stereocenters. The van der Waals surface area contributed by atoms with Gasteiger partial charge in [-0.05, 0) is 0 Å². The number of aliphatic hydroxyl groups is 1. The minimum Gasteiger partial charge on any atom is -0.481 e. The Morgan fingerprint density at radius 3 is 1.70 bits per heavy atom. The molecule has 10 heavy (non-hydrogen) atoms. The van der Waals surface area contributed by atoms with Crippen LogP contribution >= 0.6 is 0 Å². The van der Waals surface area contributed by atoms with Gasteiger partial charge >= 0.3 is 5.97 Å². The molecule has 0 aliphatic heterocycles. The smallest absolute Gasteiger partial charge is 0.305 e. The Labute approximate surface area is 61.7 Å². The van der Waals surface area contributed by atoms with Gasteiger partial charge in [0.05, 0.1) is 13.0 Å². The number of hydrogen-bond donors (Lipinski definition) is 2. The number of aliphatic carboxylic acids is 1. The first-order chi connectivity index (χ1) is 4.68. The third-order valence-electron chi connectivity index (χ3n) is 0.826. The maximum absolute atomic E-state index is 9.44. The summed E-state index contributed by atoms with van der Waals surface area (Å²) in [5.74, 6) is -0.961. The molecule has 0 unspecified atom stereocenters. The van der Waals surface area contributed by atoms with Gasteiger partial charge in [-0.15, -0.1) is 0 Å². The molecular formula is C7H16O3. The van der Waals surface area contributed by atoms with E-state index in [0.29, 0.717) is 0 Å². The summed E-state index contributed by atoms with van der Waals surface area (Å²) in [6.07, 6.45) is 2.49. The highest BCUT2D eigenvalue weighted by molar-refractivity contribution is 5.66. The largest absolute Gasteiger partial charge is 0.481 e. The van der Waals surface area contributed by atoms with Gasteiger partial charge in [0, 0.05) is 0 Å². The number of carboxylic acids is 1. The Kier molecular flexibility index (Phi) is 13.7. The van der Waals surface area contributed by atoms with Crippen LogP contribution in [0.1, 0.15) is 33.1 Å². The highest BCUT2D eigenvalue weighted by Crippen LogP contribution is 1.76. The predicted molar refractivity (Wildman–Crippen MR) is 39.9 cm³/mol. The number of carbonyl (C=O) groups is 1. The number of aliphatic hydroxyl groups excluding tert-OH is 1. The minimum absolute atomic E-state index is 0.153. The average molecular weight is 148 g/mol. The van der Waals surface area contributed by atoms with Gasteiger partial charge in [0.15, 0.2) is 0 Å². The predicted octanol–water partition coefficient (Wildman–Crippen LogP) is 1.26. The molecule has 0 rings (SSSR count). The Morgan fingerprint density at radius 2 is 1.70 bits per heavy atom. The van der Waals surface area contributed by atoms with E-state index in [-0.39, 0.29) is 13.0 Å². The van der Waals surface area contributed by atoms with Crippen molar-refractivity contribution in [2.75, 3.05) is 6.61 Å². The zero-order chi connectivity index (χ0) is 8.41. The molecule has 0 aliphatic rings. The lowest BCUT2D eigenvalue weighted by atomic mass is 10.4. The lowest BCUT2D eigenvalue weighted by Crippen LogP contribution is -1.96. The third-order valence-corrected chi connectivity index (χ3v) is 0.826. The van der Waals surface area contributed by atoms with Crippen LogP contribution in [-0.4, -0.2) is 22.8 Å². The van der Waals surface area contributed by atoms with Crippen LogP contribution in [0.5, 0.6) is 0 Å². The van der Waals surface area contributed by atoms with Crippen LogP contribution in [-0.2, 0) is 4.79 Å². The summed E-state index contributed by atoms with van der Waals surface area (Å²) < 4.78 is 0. The Bertz CT molecular complexity index is 69.3. The number of hydrogen-bond acceptors (Lipinski definition) is 2. The molecule has 0 heterocycles. The van der Waals surface area contributed by atoms with Crippen LogP contribution in [0.3, 0.4) is 0 Å². The Balaban J connectivity index is 0. The van der Waals surface area contributed by atoms with E-state index >= 15 is 0 Å². The summed E-state index contributed by atoms with van der Waals surface area (Å²) in [6.45, 7) is 4.09. The molecule has 0 saturated heterocycles. The fourth-order valence-corrected chi connectivity index (χ4v) is 0.0956. The van der Waals surface area contributed by atoms with E-state index in [0.717, 1.165) is 0 Å². The van der Waals surface area contributed by atoms with Gasteiger partial charge in [0.25, 0.3) is 0 Å². The molecule has 0 radical (unpaired) electrons. The standard InChI is InChI=1S/C4H10.C3H6O3/c1-3-4-2;4-2-1-3(5)6/h3-4H2,1-2H3;4H,1-2H2,(H,5,6). The maximum Gasteiger partial charge on any atom is 0.305 e. The summed E-state index contributed by atoms with van der Waals surface area (Å²) in [6, 6.07) is 0. The van der Waals surface area contributed by atoms with Crippen LogP contribution in [0, 0.1) is 0 Å². The minimum atomic E-state index is -0.961. The van der Waals surface area contributed by atoms with E-state index in [1.165, 1.54) is 12.8 Å². The molecule has 0 amide bonds. The lowest BCUT2D eigenvalue weighted by molar-refractivity contribution is -0.137. The van der Waals surface area contributed by atoms with E-state index < -0.39 is 5.97 Å². The summed E-state index contributed by atoms with van der Waals surface area (Å²) in [5, 5.41) is 15.6. The first kappa shape index (κ1) is 12.1. The highest BCUT2D eigenvalue weighted by atomic mass is 16.4. The topological polar surface area (TPSA) is 57.5 Å². The van der Waals surface area contributed by atoms with Crippen molar-refractivity contribution in [2.24, 2.45) is 0 Å². The number of rotatable bonds is 3. The zero-order valence-electron chi connectivity index (χ0n) is 6.63. The van der Waals surface area contributed by atoms with Gasteiger partial charge in [-0.1, -0.05) is 26.7 Å². The average Bonchev–Trinajstić information content (AvgIpc) is 1.89. The Morgan fingerprint density at radius 1 is 1.30 bits per heavy atom. The fraction of sp³-hybridized carbons (Fsp3) is 0.857. The summed E-state index contributed by atoms with van der Waals surface area (Å²) >= 11 is 0. The first-order valence-corrected chi connectivity index (χ1v) is 3.51. The van der Waals surface area contributed by atoms with Gasteiger partial charge in [0.1, 0.15) is 0 Å². The van der Waals surface area contributed by atoms with Gasteiger partial charge in [-0.2, -0.15) is 0 Å². The first-order valence-electron chi connectivity index (χ1n) is 3.51. The number of unbranched alkanes of at least 4 members (excludes halogenated alkanes) is 1. The van der Waals surface area contributed by atoms with Gasteiger partial charge in [0.2, 0.25) is 0 Å². The van der Waals surface area contributed by atoms with Crippen molar-refractivity contribution in [1.82, 2.24) is 0 Å². The van der Waals surface area contributed by atoms with Crippen molar-refractivity contribution in [3.63, 3.8) is 0 Å². The molecular weight excluding hydrogens is 132 g/mol. The molecule has 0 aromatic carbocycles. The van der Waals surface area contributed by atoms with E-state index in [9.17, 15) is 4.79 Å². The molecule has 0 saturated carbocycles. The third kappa shape index (κ3) is 26.1. The van der Waals surface area contributed by atoms with Gasteiger partial charge < -0.3 is 10.2 Å². The van der Waals surface area contributed by atoms with Crippen LogP contribution in [0.25, 0.3) is 0 Å². The van der Waals surface area contributed by atoms with Crippen molar-refractivity contribution < 1.29 is 15.0 Å². The second-order valence-electron chi connectivity index (χ2n) is 1.87. The molecule has 3 nitrogen and oxygen atoms in total. The van der Waals surface area contributed by atoms with Crippen molar-refractivity contribution in [3.8, 4) is 0 Å². The lowest BCUT2D eigenvalue weighted by Gasteiger charge is -1.79. The second-order valence-corrected chi connectivity index (χ2v) is 1.87. The molecule has 3 heteroatoms. The molecule has 0 aliphatic carbocycles. The fourth-order valence-electron chi connectivity index (χ4n) is 0.0956. The van der Waals surface area contributed by atoms with Crippen LogP contribution in [0.2, 0.25) is 0 Å². The summed E-state index contributed by atoms with van der Waals surface area (Å²) in [7, 11) is 0. The molecule has 0 spiro atoms. The van der Waals surface area contributed by atoms with Crippen molar-refractivity contribution in [2.45, 2.75) is 33.1 Å². The van der Waals surface area contributed by atoms with E-state index in [1.54, 1.807) is 0 Å². The van der Waals surface area contributed by atoms with Crippen LogP contribution < -0.4 is 0 Å². The van der Waals surface area contributed by atoms with Crippen LogP contribution in [0.15, 0.2) is 0 Å². The van der Waals surface area contributed by atoms with Gasteiger partial charge in [-0.25, -0.2) is 0 Å². The molecule has 0 fully saturated rings. The van der Waals surface area contributed by atoms with Crippen LogP contribution in [0.4, 0.5) is 0 Å². The molecule has 0 aromatic rings.